The second-order valence-corrected chi connectivity index (χ2v) is 6.05. The molecular formula is C13H18N2O3S. The van der Waals surface area contributed by atoms with Crippen LogP contribution in [0.2, 0.25) is 0 Å². The van der Waals surface area contributed by atoms with E-state index in [0.717, 1.165) is 10.7 Å². The summed E-state index contributed by atoms with van der Waals surface area (Å²) in [5.74, 6) is -1.07. The number of hydrogen-bond acceptors (Lipinski definition) is 4. The van der Waals surface area contributed by atoms with E-state index in [0.29, 0.717) is 25.4 Å². The molecule has 5 nitrogen and oxygen atoms in total. The number of likely N-dealkylation sites (tertiary alicyclic amines) is 1. The Labute approximate surface area is 116 Å². The van der Waals surface area contributed by atoms with Crippen LogP contribution in [0.4, 0.5) is 0 Å². The summed E-state index contributed by atoms with van der Waals surface area (Å²) in [7, 11) is 0. The molecule has 104 valence electrons. The van der Waals surface area contributed by atoms with E-state index in [1.165, 1.54) is 0 Å². The Morgan fingerprint density at radius 3 is 2.89 bits per heavy atom. The van der Waals surface area contributed by atoms with Gasteiger partial charge in [-0.05, 0) is 0 Å². The molecular weight excluding hydrogens is 264 g/mol. The maximum absolute atomic E-state index is 11.7. The van der Waals surface area contributed by atoms with Crippen molar-refractivity contribution in [2.75, 3.05) is 13.1 Å². The number of carboxylic acids is 1. The van der Waals surface area contributed by atoms with Gasteiger partial charge in [-0.3, -0.25) is 9.59 Å². The van der Waals surface area contributed by atoms with Crippen molar-refractivity contribution in [2.24, 2.45) is 5.92 Å². The number of nitrogens with zero attached hydrogens (tertiary/aromatic N) is 2. The summed E-state index contributed by atoms with van der Waals surface area (Å²) in [4.78, 5) is 28.7. The fourth-order valence-electron chi connectivity index (χ4n) is 2.11. The third-order valence-electron chi connectivity index (χ3n) is 3.27. The van der Waals surface area contributed by atoms with Crippen LogP contribution in [-0.4, -0.2) is 40.0 Å². The van der Waals surface area contributed by atoms with Crippen molar-refractivity contribution in [1.82, 2.24) is 9.88 Å². The van der Waals surface area contributed by atoms with Crippen LogP contribution in [0.15, 0.2) is 5.38 Å². The third kappa shape index (κ3) is 3.32. The van der Waals surface area contributed by atoms with Gasteiger partial charge in [0.1, 0.15) is 0 Å². The Morgan fingerprint density at radius 1 is 1.63 bits per heavy atom. The van der Waals surface area contributed by atoms with Gasteiger partial charge in [0.15, 0.2) is 0 Å². The number of hydrogen-bond donors (Lipinski definition) is 1. The van der Waals surface area contributed by atoms with Crippen LogP contribution in [0.3, 0.4) is 0 Å². The highest BCUT2D eigenvalue weighted by atomic mass is 32.1. The fraction of sp³-hybridized carbons (Fsp3) is 0.615. The van der Waals surface area contributed by atoms with E-state index >= 15 is 0 Å². The van der Waals surface area contributed by atoms with Gasteiger partial charge in [-0.1, -0.05) is 13.8 Å². The van der Waals surface area contributed by atoms with Crippen LogP contribution in [0, 0.1) is 5.92 Å². The minimum absolute atomic E-state index is 0.0632. The van der Waals surface area contributed by atoms with E-state index < -0.39 is 11.9 Å². The molecule has 1 atom stereocenters. The van der Waals surface area contributed by atoms with Gasteiger partial charge in [0.05, 0.1) is 16.6 Å². The molecule has 1 saturated heterocycles. The Kier molecular flexibility index (Phi) is 4.19. The van der Waals surface area contributed by atoms with Crippen molar-refractivity contribution in [2.45, 2.75) is 32.6 Å². The normalized spacial score (nSPS) is 19.4. The highest BCUT2D eigenvalue weighted by Gasteiger charge is 2.33. The van der Waals surface area contributed by atoms with Crippen molar-refractivity contribution < 1.29 is 14.7 Å². The van der Waals surface area contributed by atoms with Crippen LogP contribution in [0.25, 0.3) is 0 Å². The standard InChI is InChI=1S/C13H18N2O3S/c1-8(2)12-14-10(7-19-12)3-4-15-6-9(13(17)18)5-11(15)16/h7-9H,3-6H2,1-2H3,(H,17,18). The molecule has 19 heavy (non-hydrogen) atoms. The van der Waals surface area contributed by atoms with Crippen LogP contribution in [0.1, 0.15) is 36.9 Å². The summed E-state index contributed by atoms with van der Waals surface area (Å²) in [5.41, 5.74) is 0.986. The smallest absolute Gasteiger partial charge is 0.308 e. The highest BCUT2D eigenvalue weighted by Crippen LogP contribution is 2.21. The summed E-state index contributed by atoms with van der Waals surface area (Å²) in [6.45, 7) is 5.09. The fourth-order valence-corrected chi connectivity index (χ4v) is 2.98. The first-order valence-corrected chi connectivity index (χ1v) is 7.30. The predicted molar refractivity (Wildman–Crippen MR) is 72.2 cm³/mol. The van der Waals surface area contributed by atoms with Gasteiger partial charge >= 0.3 is 5.97 Å². The van der Waals surface area contributed by atoms with Gasteiger partial charge in [-0.25, -0.2) is 4.98 Å². The quantitative estimate of drug-likeness (QED) is 0.893. The molecule has 1 unspecified atom stereocenters. The van der Waals surface area contributed by atoms with Crippen molar-refractivity contribution in [3.8, 4) is 0 Å². The zero-order chi connectivity index (χ0) is 14.0. The number of carbonyl (C=O) groups excluding carboxylic acids is 1. The second-order valence-electron chi connectivity index (χ2n) is 5.16. The van der Waals surface area contributed by atoms with Crippen molar-refractivity contribution in [3.05, 3.63) is 16.1 Å². The highest BCUT2D eigenvalue weighted by molar-refractivity contribution is 7.09. The average Bonchev–Trinajstić information content (AvgIpc) is 2.93. The molecule has 0 saturated carbocycles. The lowest BCUT2D eigenvalue weighted by molar-refractivity contribution is -0.141. The zero-order valence-corrected chi connectivity index (χ0v) is 11.9. The lowest BCUT2D eigenvalue weighted by Gasteiger charge is -2.14. The molecule has 0 spiro atoms. The molecule has 0 aliphatic carbocycles. The van der Waals surface area contributed by atoms with E-state index in [2.05, 4.69) is 18.8 Å². The zero-order valence-electron chi connectivity index (χ0n) is 11.1. The van der Waals surface area contributed by atoms with E-state index in [-0.39, 0.29) is 12.3 Å². The number of rotatable bonds is 5. The minimum Gasteiger partial charge on any atom is -0.481 e. The summed E-state index contributed by atoms with van der Waals surface area (Å²) in [6.07, 6.45) is 0.824. The van der Waals surface area contributed by atoms with Gasteiger partial charge in [0, 0.05) is 37.2 Å². The number of thiazole rings is 1. The molecule has 1 aliphatic heterocycles. The Balaban J connectivity index is 1.88. The van der Waals surface area contributed by atoms with E-state index in [9.17, 15) is 9.59 Å². The Morgan fingerprint density at radius 2 is 2.37 bits per heavy atom. The van der Waals surface area contributed by atoms with Gasteiger partial charge < -0.3 is 10.0 Å². The molecule has 6 heteroatoms. The molecule has 2 rings (SSSR count). The summed E-state index contributed by atoms with van der Waals surface area (Å²) in [5, 5.41) is 12.0. The van der Waals surface area contributed by atoms with E-state index in [1.54, 1.807) is 16.2 Å². The Bertz CT molecular complexity index is 484. The topological polar surface area (TPSA) is 70.5 Å². The lowest BCUT2D eigenvalue weighted by atomic mass is 10.1. The summed E-state index contributed by atoms with van der Waals surface area (Å²) < 4.78 is 0. The average molecular weight is 282 g/mol. The minimum atomic E-state index is -0.883. The van der Waals surface area contributed by atoms with Crippen molar-refractivity contribution in [1.29, 1.82) is 0 Å². The van der Waals surface area contributed by atoms with E-state index in [1.807, 2.05) is 5.38 Å². The van der Waals surface area contributed by atoms with Crippen molar-refractivity contribution in [3.63, 3.8) is 0 Å². The molecule has 1 aromatic rings. The summed E-state index contributed by atoms with van der Waals surface area (Å²) in [6, 6.07) is 0. The molecule has 1 amide bonds. The molecule has 0 radical (unpaired) electrons. The molecule has 0 aromatic carbocycles. The number of aromatic nitrogens is 1. The van der Waals surface area contributed by atoms with Crippen LogP contribution in [0.5, 0.6) is 0 Å². The first kappa shape index (κ1) is 14.0. The molecule has 1 aromatic heterocycles. The Hall–Kier alpha value is -1.43. The van der Waals surface area contributed by atoms with Crippen molar-refractivity contribution >= 4 is 23.2 Å². The van der Waals surface area contributed by atoms with E-state index in [4.69, 9.17) is 5.11 Å². The second kappa shape index (κ2) is 5.69. The maximum atomic E-state index is 11.7. The van der Waals surface area contributed by atoms with Gasteiger partial charge in [-0.2, -0.15) is 0 Å². The molecule has 2 heterocycles. The lowest BCUT2D eigenvalue weighted by Crippen LogP contribution is -2.28. The molecule has 1 aliphatic rings. The van der Waals surface area contributed by atoms with Crippen LogP contribution < -0.4 is 0 Å². The van der Waals surface area contributed by atoms with Crippen LogP contribution >= 0.6 is 11.3 Å². The predicted octanol–water partition coefficient (Wildman–Crippen LogP) is 1.74. The largest absolute Gasteiger partial charge is 0.481 e. The van der Waals surface area contributed by atoms with Gasteiger partial charge in [0.25, 0.3) is 0 Å². The first-order valence-electron chi connectivity index (χ1n) is 6.42. The first-order chi connectivity index (χ1) is 8.97. The van der Waals surface area contributed by atoms with Gasteiger partial charge in [-0.15, -0.1) is 11.3 Å². The number of amides is 1. The number of carbonyl (C=O) groups is 2. The third-order valence-corrected chi connectivity index (χ3v) is 4.46. The molecule has 1 N–H and O–H groups in total. The molecule has 0 bridgehead atoms. The van der Waals surface area contributed by atoms with Crippen LogP contribution in [-0.2, 0) is 16.0 Å². The molecule has 1 fully saturated rings. The van der Waals surface area contributed by atoms with Gasteiger partial charge in [0.2, 0.25) is 5.91 Å². The number of carboxylic acid groups (broad SMARTS) is 1. The monoisotopic (exact) mass is 282 g/mol. The SMILES string of the molecule is CC(C)c1nc(CCN2CC(C(=O)O)CC2=O)cs1. The summed E-state index contributed by atoms with van der Waals surface area (Å²) >= 11 is 1.64. The maximum Gasteiger partial charge on any atom is 0.308 e. The number of aliphatic carboxylic acids is 1.